The SMILES string of the molecule is O=[N+]([O-])I(F)(Cl)(Br)OOC(OC(F)F)OC(F)(F)F. The summed E-state index contributed by atoms with van der Waals surface area (Å²) in [6.07, 6.45) is -5.53. The molecule has 0 aromatic carbocycles. The number of rotatable bonds is 7. The van der Waals surface area contributed by atoms with Crippen molar-refractivity contribution in [1.29, 1.82) is 0 Å². The molecule has 7 nitrogen and oxygen atoms in total. The quantitative estimate of drug-likeness (QED) is 0.0992. The molecule has 0 aliphatic carbocycles. The van der Waals surface area contributed by atoms with Crippen LogP contribution in [0.4, 0.5) is 24.8 Å². The molecule has 16 heteroatoms. The molecule has 1 unspecified atom stereocenters. The van der Waals surface area contributed by atoms with Crippen molar-refractivity contribution in [3.05, 3.63) is 10.1 Å². The van der Waals surface area contributed by atoms with E-state index in [9.17, 15) is 34.9 Å². The molecule has 0 aliphatic heterocycles. The molecule has 118 valence electrons. The van der Waals surface area contributed by atoms with E-state index in [1.807, 2.05) is 0 Å². The van der Waals surface area contributed by atoms with Crippen LogP contribution in [0.25, 0.3) is 0 Å². The van der Waals surface area contributed by atoms with Crippen molar-refractivity contribution in [3.8, 4) is 0 Å². The van der Waals surface area contributed by atoms with E-state index in [1.165, 1.54) is 0 Å². The van der Waals surface area contributed by atoms with Gasteiger partial charge in [0.15, 0.2) is 0 Å². The second-order valence-electron chi connectivity index (χ2n) is 2.22. The van der Waals surface area contributed by atoms with Gasteiger partial charge in [-0.25, -0.2) is 0 Å². The molecule has 0 fully saturated rings. The minimum atomic E-state index is -7.06. The van der Waals surface area contributed by atoms with Gasteiger partial charge in [-0.3, -0.25) is 0 Å². The molecule has 0 aromatic heterocycles. The van der Waals surface area contributed by atoms with Gasteiger partial charge >= 0.3 is 112 Å². The second-order valence-corrected chi connectivity index (χ2v) is 19.4. The summed E-state index contributed by atoms with van der Waals surface area (Å²) in [5, 5.41) is 10.1. The van der Waals surface area contributed by atoms with E-state index in [1.54, 1.807) is 12.7 Å². The number of alkyl halides is 5. The van der Waals surface area contributed by atoms with Crippen molar-refractivity contribution in [2.75, 3.05) is 0 Å². The van der Waals surface area contributed by atoms with Crippen LogP contribution in [0, 0.1) is 10.1 Å². The van der Waals surface area contributed by atoms with Crippen LogP contribution >= 0.6 is 36.6 Å². The predicted octanol–water partition coefficient (Wildman–Crippen LogP) is 4.03. The number of ether oxygens (including phenoxy) is 2. The van der Waals surface area contributed by atoms with E-state index in [4.69, 9.17) is 0 Å². The van der Waals surface area contributed by atoms with E-state index >= 15 is 0 Å². The maximum absolute atomic E-state index is 13.3. The number of nitro groups is 1. The van der Waals surface area contributed by atoms with Crippen LogP contribution in [0.2, 0.25) is 0 Å². The summed E-state index contributed by atoms with van der Waals surface area (Å²) in [6, 6.07) is 0. The molecular weight excluding hydrogens is 502 g/mol. The molecule has 0 saturated heterocycles. The first-order chi connectivity index (χ1) is 8.21. The van der Waals surface area contributed by atoms with Gasteiger partial charge in [0, 0.05) is 0 Å². The van der Waals surface area contributed by atoms with Crippen molar-refractivity contribution in [3.63, 3.8) is 0 Å². The van der Waals surface area contributed by atoms with Gasteiger partial charge in [0.2, 0.25) is 0 Å². The number of halogens is 9. The van der Waals surface area contributed by atoms with Gasteiger partial charge in [-0.1, -0.05) is 0 Å². The molecular formula is C3H2BrClF6INO6. The Kier molecular flexibility index (Phi) is 6.50. The van der Waals surface area contributed by atoms with Crippen molar-refractivity contribution < 1.29 is 45.5 Å². The molecule has 19 heavy (non-hydrogen) atoms. The van der Waals surface area contributed by atoms with Gasteiger partial charge in [-0.2, -0.15) is 0 Å². The molecule has 1 atom stereocenters. The summed E-state index contributed by atoms with van der Waals surface area (Å²) < 4.78 is 79.0. The van der Waals surface area contributed by atoms with Crippen molar-refractivity contribution in [2.45, 2.75) is 19.4 Å². The number of nitrogens with zero attached hydrogens (tertiary/aromatic N) is 1. The summed E-state index contributed by atoms with van der Waals surface area (Å²) >= 11 is -5.38. The first-order valence-corrected chi connectivity index (χ1v) is 13.7. The molecule has 0 rings (SSSR count). The third kappa shape index (κ3) is 8.25. The van der Waals surface area contributed by atoms with Crippen LogP contribution in [0.15, 0.2) is 0 Å². The van der Waals surface area contributed by atoms with E-state index in [0.29, 0.717) is 0 Å². The summed E-state index contributed by atoms with van der Waals surface area (Å²) in [4.78, 5) is 13.4. The molecule has 0 heterocycles. The molecule has 0 aromatic rings. The summed E-state index contributed by atoms with van der Waals surface area (Å²) in [5.41, 5.74) is 0. The normalized spacial score (nSPS) is 17.0. The van der Waals surface area contributed by atoms with Gasteiger partial charge in [0.05, 0.1) is 0 Å². The van der Waals surface area contributed by atoms with Gasteiger partial charge in [0.25, 0.3) is 0 Å². The van der Waals surface area contributed by atoms with Crippen molar-refractivity contribution in [2.24, 2.45) is 0 Å². The van der Waals surface area contributed by atoms with Crippen LogP contribution in [0.5, 0.6) is 0 Å². The summed E-state index contributed by atoms with van der Waals surface area (Å²) in [7, 11) is 4.69. The molecule has 0 saturated carbocycles. The fourth-order valence-corrected chi connectivity index (χ4v) is 1.57. The fourth-order valence-electron chi connectivity index (χ4n) is 0.373. The third-order valence-corrected chi connectivity index (χ3v) is 6.02. The van der Waals surface area contributed by atoms with E-state index in [0.717, 1.165) is 0 Å². The Hall–Kier alpha value is 0.320. The number of hydrogen-bond acceptors (Lipinski definition) is 6. The van der Waals surface area contributed by atoms with E-state index < -0.39 is 37.5 Å². The fraction of sp³-hybridized carbons (Fsp3) is 1.00. The molecule has 0 spiro atoms. The zero-order chi connectivity index (χ0) is 15.5. The Bertz CT molecular complexity index is 335. The Morgan fingerprint density at radius 2 is 1.84 bits per heavy atom. The van der Waals surface area contributed by atoms with Gasteiger partial charge < -0.3 is 0 Å². The van der Waals surface area contributed by atoms with Gasteiger partial charge in [0.1, 0.15) is 0 Å². The second kappa shape index (κ2) is 6.39. The topological polar surface area (TPSA) is 80.1 Å². The van der Waals surface area contributed by atoms with Crippen LogP contribution in [0.3, 0.4) is 0 Å². The summed E-state index contributed by atoms with van der Waals surface area (Å²) in [6.45, 7) is -7.16. The number of hydrogen-bond donors (Lipinski definition) is 0. The van der Waals surface area contributed by atoms with Crippen molar-refractivity contribution in [1.82, 2.24) is 0 Å². The maximum atomic E-state index is 13.3. The molecule has 0 bridgehead atoms. The van der Waals surface area contributed by atoms with Gasteiger partial charge in [-0.05, 0) is 0 Å². The van der Waals surface area contributed by atoms with Crippen LogP contribution in [-0.2, 0) is 17.6 Å². The minimum absolute atomic E-state index is 1.68. The van der Waals surface area contributed by atoms with Crippen molar-refractivity contribution >= 4 is 36.6 Å². The molecule has 0 aliphatic rings. The predicted molar refractivity (Wildman–Crippen MR) is 57.1 cm³/mol. The zero-order valence-electron chi connectivity index (χ0n) is 7.95. The first-order valence-electron chi connectivity index (χ1n) is 3.43. The van der Waals surface area contributed by atoms with E-state index in [2.05, 4.69) is 26.5 Å². The zero-order valence-corrected chi connectivity index (χ0v) is 12.5. The van der Waals surface area contributed by atoms with Crippen LogP contribution in [-0.4, -0.2) is 22.6 Å². The molecule has 0 radical (unpaired) electrons. The third-order valence-electron chi connectivity index (χ3n) is 0.871. The van der Waals surface area contributed by atoms with Crippen LogP contribution < -0.4 is 0 Å². The van der Waals surface area contributed by atoms with Gasteiger partial charge in [-0.15, -0.1) is 0 Å². The Balaban J connectivity index is 4.71. The molecule has 0 amide bonds. The Morgan fingerprint density at radius 3 is 2.16 bits per heavy atom. The molecule has 0 N–H and O–H groups in total. The average Bonchev–Trinajstić information content (AvgIpc) is 2.10. The average molecular weight is 504 g/mol. The van der Waals surface area contributed by atoms with E-state index in [-0.39, 0.29) is 0 Å². The Morgan fingerprint density at radius 1 is 1.37 bits per heavy atom. The monoisotopic (exact) mass is 503 g/mol. The first kappa shape index (κ1) is 19.3. The summed E-state index contributed by atoms with van der Waals surface area (Å²) in [5.74, 6) is 0. The Labute approximate surface area is 111 Å². The standard InChI is InChI=1S/C3H2BrClF6INO6/c4-12(5,11,13(14)15)19-18-2(16-1(6)7)17-3(8,9)10/h1-2H. The van der Waals surface area contributed by atoms with Crippen LogP contribution in [0.1, 0.15) is 0 Å².